The second-order valence-electron chi connectivity index (χ2n) is 6.88. The first-order chi connectivity index (χ1) is 15.4. The normalized spacial score (nSPS) is 10.9. The minimum Gasteiger partial charge on any atom is -0.493 e. The number of nitriles is 1. The maximum atomic E-state index is 12.5. The summed E-state index contributed by atoms with van der Waals surface area (Å²) in [5.41, 5.74) is 3.30. The number of rotatable bonds is 7. The van der Waals surface area contributed by atoms with Crippen LogP contribution >= 0.6 is 27.5 Å². The molecule has 0 aliphatic carbocycles. The summed E-state index contributed by atoms with van der Waals surface area (Å²) < 4.78 is 12.1. The van der Waals surface area contributed by atoms with Gasteiger partial charge in [0.15, 0.2) is 11.5 Å². The molecular formula is C25H20BrClN2O3. The highest BCUT2D eigenvalue weighted by Crippen LogP contribution is 2.38. The van der Waals surface area contributed by atoms with Crippen LogP contribution in [-0.2, 0) is 11.4 Å². The molecule has 3 aromatic carbocycles. The number of amides is 1. The predicted octanol–water partition coefficient (Wildman–Crippen LogP) is 6.54. The molecule has 1 amide bonds. The van der Waals surface area contributed by atoms with Crippen LogP contribution in [0.5, 0.6) is 11.5 Å². The summed E-state index contributed by atoms with van der Waals surface area (Å²) in [4.78, 5) is 12.5. The van der Waals surface area contributed by atoms with Crippen LogP contribution in [0.15, 0.2) is 70.7 Å². The van der Waals surface area contributed by atoms with Gasteiger partial charge in [-0.2, -0.15) is 5.26 Å². The van der Waals surface area contributed by atoms with Crippen molar-refractivity contribution in [1.29, 1.82) is 5.26 Å². The van der Waals surface area contributed by atoms with Crippen LogP contribution in [0.4, 0.5) is 5.69 Å². The molecule has 5 nitrogen and oxygen atoms in total. The first-order valence-electron chi connectivity index (χ1n) is 9.65. The van der Waals surface area contributed by atoms with E-state index in [1.54, 1.807) is 36.4 Å². The summed E-state index contributed by atoms with van der Waals surface area (Å²) in [5.74, 6) is 0.497. The highest BCUT2D eigenvalue weighted by Gasteiger charge is 2.14. The van der Waals surface area contributed by atoms with Gasteiger partial charge in [0.1, 0.15) is 18.2 Å². The van der Waals surface area contributed by atoms with Crippen LogP contribution in [0.25, 0.3) is 6.08 Å². The number of nitrogens with one attached hydrogen (secondary N) is 1. The molecule has 0 aliphatic rings. The Balaban J connectivity index is 1.82. The Morgan fingerprint density at radius 2 is 1.91 bits per heavy atom. The monoisotopic (exact) mass is 510 g/mol. The first kappa shape index (κ1) is 23.4. The Hall–Kier alpha value is -3.27. The first-order valence-corrected chi connectivity index (χ1v) is 10.8. The Morgan fingerprint density at radius 1 is 1.19 bits per heavy atom. The number of ether oxygens (including phenoxy) is 2. The van der Waals surface area contributed by atoms with Crippen LogP contribution in [0.2, 0.25) is 5.02 Å². The summed E-state index contributed by atoms with van der Waals surface area (Å²) >= 11 is 9.37. The van der Waals surface area contributed by atoms with Crippen molar-refractivity contribution in [2.24, 2.45) is 0 Å². The summed E-state index contributed by atoms with van der Waals surface area (Å²) in [6.45, 7) is 2.40. The molecule has 0 aromatic heterocycles. The summed E-state index contributed by atoms with van der Waals surface area (Å²) in [6.07, 6.45) is 1.49. The molecule has 0 fully saturated rings. The van der Waals surface area contributed by atoms with Crippen molar-refractivity contribution >= 4 is 45.2 Å². The van der Waals surface area contributed by atoms with Gasteiger partial charge in [0.2, 0.25) is 0 Å². The lowest BCUT2D eigenvalue weighted by Crippen LogP contribution is -2.13. The van der Waals surface area contributed by atoms with Gasteiger partial charge in [-0.05, 0) is 82.0 Å². The molecule has 0 aliphatic heterocycles. The Labute approximate surface area is 200 Å². The second-order valence-corrected chi connectivity index (χ2v) is 8.17. The molecule has 3 rings (SSSR count). The van der Waals surface area contributed by atoms with Crippen molar-refractivity contribution in [2.45, 2.75) is 13.5 Å². The number of nitrogens with zero attached hydrogens (tertiary/aromatic N) is 1. The van der Waals surface area contributed by atoms with E-state index in [0.29, 0.717) is 38.9 Å². The Morgan fingerprint density at radius 3 is 2.56 bits per heavy atom. The van der Waals surface area contributed by atoms with E-state index in [4.69, 9.17) is 21.1 Å². The number of aryl methyl sites for hydroxylation is 1. The number of hydrogen-bond acceptors (Lipinski definition) is 4. The Bertz CT molecular complexity index is 1200. The van der Waals surface area contributed by atoms with Gasteiger partial charge < -0.3 is 14.8 Å². The van der Waals surface area contributed by atoms with E-state index < -0.39 is 5.91 Å². The fourth-order valence-electron chi connectivity index (χ4n) is 2.93. The van der Waals surface area contributed by atoms with Crippen molar-refractivity contribution in [3.05, 3.63) is 92.4 Å². The molecule has 162 valence electrons. The zero-order valence-electron chi connectivity index (χ0n) is 17.5. The quantitative estimate of drug-likeness (QED) is 0.289. The third-order valence-electron chi connectivity index (χ3n) is 4.66. The average molecular weight is 512 g/mol. The lowest BCUT2D eigenvalue weighted by atomic mass is 10.1. The maximum absolute atomic E-state index is 12.5. The SMILES string of the molecule is COc1cc(/C=C(\C#N)C(=O)Nc2ccc(Cl)cc2)cc(Br)c1OCc1ccccc1C. The standard InChI is InChI=1S/C25H20BrClN2O3/c1-16-5-3-4-6-18(16)15-32-24-22(26)12-17(13-23(24)31-2)11-19(14-28)25(30)29-21-9-7-20(27)8-10-21/h3-13H,15H2,1-2H3,(H,29,30)/b19-11+. The summed E-state index contributed by atoms with van der Waals surface area (Å²) in [6, 6.07) is 20.0. The number of anilines is 1. The molecule has 0 radical (unpaired) electrons. The van der Waals surface area contributed by atoms with Gasteiger partial charge in [-0.25, -0.2) is 0 Å². The fourth-order valence-corrected chi connectivity index (χ4v) is 3.63. The van der Waals surface area contributed by atoms with Gasteiger partial charge in [-0.3, -0.25) is 4.79 Å². The second kappa shape index (κ2) is 10.9. The smallest absolute Gasteiger partial charge is 0.266 e. The minimum absolute atomic E-state index is 0.0533. The van der Waals surface area contributed by atoms with E-state index in [2.05, 4.69) is 21.2 Å². The number of carbonyl (C=O) groups is 1. The molecule has 0 spiro atoms. The molecule has 0 unspecified atom stereocenters. The van der Waals surface area contributed by atoms with Gasteiger partial charge in [0.25, 0.3) is 5.91 Å². The summed E-state index contributed by atoms with van der Waals surface area (Å²) in [7, 11) is 1.54. The lowest BCUT2D eigenvalue weighted by molar-refractivity contribution is -0.112. The molecule has 0 saturated carbocycles. The molecule has 32 heavy (non-hydrogen) atoms. The number of halogens is 2. The van der Waals surface area contributed by atoms with Gasteiger partial charge in [0, 0.05) is 10.7 Å². The molecule has 7 heteroatoms. The van der Waals surface area contributed by atoms with E-state index in [-0.39, 0.29) is 5.57 Å². The molecular weight excluding hydrogens is 492 g/mol. The van der Waals surface area contributed by atoms with Crippen molar-refractivity contribution in [3.8, 4) is 17.6 Å². The zero-order chi connectivity index (χ0) is 23.1. The largest absolute Gasteiger partial charge is 0.493 e. The van der Waals surface area contributed by atoms with Crippen molar-refractivity contribution < 1.29 is 14.3 Å². The molecule has 0 atom stereocenters. The van der Waals surface area contributed by atoms with Gasteiger partial charge in [-0.15, -0.1) is 0 Å². The average Bonchev–Trinajstić information content (AvgIpc) is 2.78. The van der Waals surface area contributed by atoms with E-state index in [1.807, 2.05) is 37.3 Å². The fraction of sp³-hybridized carbons (Fsp3) is 0.120. The maximum Gasteiger partial charge on any atom is 0.266 e. The van der Waals surface area contributed by atoms with E-state index in [0.717, 1.165) is 11.1 Å². The number of methoxy groups -OCH3 is 1. The summed E-state index contributed by atoms with van der Waals surface area (Å²) in [5, 5.41) is 12.7. The van der Waals surface area contributed by atoms with Crippen LogP contribution in [0.3, 0.4) is 0 Å². The van der Waals surface area contributed by atoms with E-state index in [9.17, 15) is 10.1 Å². The van der Waals surface area contributed by atoms with Crippen molar-refractivity contribution in [1.82, 2.24) is 0 Å². The molecule has 0 saturated heterocycles. The molecule has 0 bridgehead atoms. The number of hydrogen-bond donors (Lipinski definition) is 1. The van der Waals surface area contributed by atoms with Gasteiger partial charge in [0.05, 0.1) is 11.6 Å². The third-order valence-corrected chi connectivity index (χ3v) is 5.50. The van der Waals surface area contributed by atoms with Crippen LogP contribution < -0.4 is 14.8 Å². The topological polar surface area (TPSA) is 71.3 Å². The minimum atomic E-state index is -0.523. The van der Waals surface area contributed by atoms with Crippen LogP contribution in [0.1, 0.15) is 16.7 Å². The zero-order valence-corrected chi connectivity index (χ0v) is 19.8. The predicted molar refractivity (Wildman–Crippen MR) is 130 cm³/mol. The van der Waals surface area contributed by atoms with Crippen LogP contribution in [-0.4, -0.2) is 13.0 Å². The van der Waals surface area contributed by atoms with Gasteiger partial charge >= 0.3 is 0 Å². The van der Waals surface area contributed by atoms with E-state index >= 15 is 0 Å². The number of carbonyl (C=O) groups excluding carboxylic acids is 1. The number of benzene rings is 3. The van der Waals surface area contributed by atoms with Gasteiger partial charge in [-0.1, -0.05) is 35.9 Å². The van der Waals surface area contributed by atoms with Crippen molar-refractivity contribution in [3.63, 3.8) is 0 Å². The lowest BCUT2D eigenvalue weighted by Gasteiger charge is -2.14. The van der Waals surface area contributed by atoms with E-state index in [1.165, 1.54) is 13.2 Å². The molecule has 3 aromatic rings. The van der Waals surface area contributed by atoms with Crippen molar-refractivity contribution in [2.75, 3.05) is 12.4 Å². The van der Waals surface area contributed by atoms with Crippen LogP contribution in [0, 0.1) is 18.3 Å². The molecule has 0 heterocycles. The third kappa shape index (κ3) is 5.91. The molecule has 1 N–H and O–H groups in total. The Kier molecular flexibility index (Phi) is 7.93. The highest BCUT2D eigenvalue weighted by atomic mass is 79.9. The highest BCUT2D eigenvalue weighted by molar-refractivity contribution is 9.10.